The van der Waals surface area contributed by atoms with Crippen LogP contribution in [0.25, 0.3) is 0 Å². The molecule has 136 valence electrons. The fourth-order valence-electron chi connectivity index (χ4n) is 2.60. The minimum Gasteiger partial charge on any atom is -0.481 e. The first kappa shape index (κ1) is 18.8. The van der Waals surface area contributed by atoms with Crippen molar-refractivity contribution in [1.82, 2.24) is 10.2 Å². The summed E-state index contributed by atoms with van der Waals surface area (Å²) in [5.41, 5.74) is -0.463. The molecule has 25 heavy (non-hydrogen) atoms. The molecule has 0 radical (unpaired) electrons. The van der Waals surface area contributed by atoms with Crippen LogP contribution in [0, 0.1) is 5.92 Å². The van der Waals surface area contributed by atoms with Gasteiger partial charge in [0.15, 0.2) is 0 Å². The molecular formula is C16H17F3N2O4. The summed E-state index contributed by atoms with van der Waals surface area (Å²) < 4.78 is 38.2. The third kappa shape index (κ3) is 5.20. The van der Waals surface area contributed by atoms with Crippen LogP contribution >= 0.6 is 0 Å². The minimum atomic E-state index is -4.46. The van der Waals surface area contributed by atoms with Crippen molar-refractivity contribution < 1.29 is 32.7 Å². The van der Waals surface area contributed by atoms with E-state index < -0.39 is 29.5 Å². The van der Waals surface area contributed by atoms with Crippen LogP contribution in [0.2, 0.25) is 0 Å². The van der Waals surface area contributed by atoms with Crippen molar-refractivity contribution >= 4 is 17.8 Å². The summed E-state index contributed by atoms with van der Waals surface area (Å²) in [6.07, 6.45) is -4.73. The monoisotopic (exact) mass is 358 g/mol. The second-order valence-corrected chi connectivity index (χ2v) is 5.81. The lowest BCUT2D eigenvalue weighted by molar-refractivity contribution is -0.138. The first-order valence-corrected chi connectivity index (χ1v) is 7.60. The van der Waals surface area contributed by atoms with Gasteiger partial charge in [0, 0.05) is 26.1 Å². The van der Waals surface area contributed by atoms with Gasteiger partial charge in [-0.2, -0.15) is 13.2 Å². The van der Waals surface area contributed by atoms with Gasteiger partial charge in [-0.25, -0.2) is 0 Å². The summed E-state index contributed by atoms with van der Waals surface area (Å²) in [7, 11) is 0. The Hall–Kier alpha value is -2.58. The summed E-state index contributed by atoms with van der Waals surface area (Å²) in [5.74, 6) is -2.43. The largest absolute Gasteiger partial charge is 0.481 e. The van der Waals surface area contributed by atoms with Gasteiger partial charge in [0.1, 0.15) is 0 Å². The molecular weight excluding hydrogens is 341 g/mol. The summed E-state index contributed by atoms with van der Waals surface area (Å²) in [6, 6.07) is 4.69. The molecule has 2 rings (SSSR count). The number of aliphatic carboxylic acids is 1. The first-order chi connectivity index (χ1) is 11.7. The predicted molar refractivity (Wildman–Crippen MR) is 80.2 cm³/mol. The molecule has 1 aliphatic rings. The fourth-order valence-corrected chi connectivity index (χ4v) is 2.60. The number of likely N-dealkylation sites (tertiary alicyclic amines) is 1. The van der Waals surface area contributed by atoms with E-state index in [0.29, 0.717) is 5.56 Å². The highest BCUT2D eigenvalue weighted by molar-refractivity contribution is 5.89. The summed E-state index contributed by atoms with van der Waals surface area (Å²) in [6.45, 7) is 0.0438. The predicted octanol–water partition coefficient (Wildman–Crippen LogP) is 1.64. The zero-order valence-electron chi connectivity index (χ0n) is 13.2. The number of nitrogens with zero attached hydrogens (tertiary/aromatic N) is 1. The summed E-state index contributed by atoms with van der Waals surface area (Å²) in [4.78, 5) is 35.7. The number of amides is 2. The maximum atomic E-state index is 12.7. The van der Waals surface area contributed by atoms with Crippen LogP contribution in [0.15, 0.2) is 24.3 Å². The fraction of sp³-hybridized carbons (Fsp3) is 0.438. The van der Waals surface area contributed by atoms with E-state index in [4.69, 9.17) is 5.11 Å². The van der Waals surface area contributed by atoms with Gasteiger partial charge in [-0.05, 0) is 17.7 Å². The molecule has 0 aliphatic carbocycles. The number of nitrogens with one attached hydrogen (secondary N) is 1. The Labute approximate surface area is 141 Å². The molecule has 1 aromatic rings. The molecule has 1 heterocycles. The highest BCUT2D eigenvalue weighted by Gasteiger charge is 2.35. The molecule has 0 spiro atoms. The Bertz CT molecular complexity index is 676. The van der Waals surface area contributed by atoms with E-state index in [0.717, 1.165) is 12.1 Å². The first-order valence-electron chi connectivity index (χ1n) is 7.60. The third-order valence-corrected chi connectivity index (χ3v) is 3.85. The smallest absolute Gasteiger partial charge is 0.416 e. The number of carbonyl (C=O) groups excluding carboxylic acids is 2. The third-order valence-electron chi connectivity index (χ3n) is 3.85. The van der Waals surface area contributed by atoms with Crippen molar-refractivity contribution in [2.24, 2.45) is 5.92 Å². The van der Waals surface area contributed by atoms with E-state index in [9.17, 15) is 27.6 Å². The molecule has 0 bridgehead atoms. The Balaban J connectivity index is 1.95. The van der Waals surface area contributed by atoms with Crippen LogP contribution < -0.4 is 5.32 Å². The number of rotatable bonds is 6. The number of halogens is 3. The number of hydrogen-bond acceptors (Lipinski definition) is 3. The quantitative estimate of drug-likeness (QED) is 0.810. The van der Waals surface area contributed by atoms with E-state index in [-0.39, 0.29) is 38.4 Å². The number of alkyl halides is 3. The van der Waals surface area contributed by atoms with Gasteiger partial charge in [0.05, 0.1) is 17.9 Å². The average Bonchev–Trinajstić information content (AvgIpc) is 2.87. The lowest BCUT2D eigenvalue weighted by Crippen LogP contribution is -2.34. The van der Waals surface area contributed by atoms with E-state index >= 15 is 0 Å². The molecule has 6 nitrogen and oxygen atoms in total. The second kappa shape index (κ2) is 7.54. The minimum absolute atomic E-state index is 0.0122. The normalized spacial score (nSPS) is 17.6. The molecule has 1 unspecified atom stereocenters. The van der Waals surface area contributed by atoms with Gasteiger partial charge in [-0.1, -0.05) is 12.1 Å². The molecule has 1 atom stereocenters. The van der Waals surface area contributed by atoms with Crippen molar-refractivity contribution in [2.75, 3.05) is 13.1 Å². The van der Waals surface area contributed by atoms with Crippen molar-refractivity contribution in [2.45, 2.75) is 25.6 Å². The summed E-state index contributed by atoms with van der Waals surface area (Å²) >= 11 is 0. The number of benzene rings is 1. The highest BCUT2D eigenvalue weighted by atomic mass is 19.4. The van der Waals surface area contributed by atoms with Crippen LogP contribution in [0.3, 0.4) is 0 Å². The molecule has 0 saturated carbocycles. The number of carboxylic acid groups (broad SMARTS) is 1. The Morgan fingerprint density at radius 3 is 2.68 bits per heavy atom. The molecule has 1 fully saturated rings. The van der Waals surface area contributed by atoms with E-state index in [2.05, 4.69) is 5.32 Å². The van der Waals surface area contributed by atoms with Crippen LogP contribution in [0.4, 0.5) is 13.2 Å². The lowest BCUT2D eigenvalue weighted by Gasteiger charge is -2.17. The molecule has 0 aromatic heterocycles. The maximum Gasteiger partial charge on any atom is 0.416 e. The standard InChI is InChI=1S/C16H17F3N2O4/c17-16(18,19)12-3-1-2-10(6-12)8-21-9-11(7-13(21)22)15(25)20-5-4-14(23)24/h1-3,6,11H,4-5,7-9H2,(H,20,25)(H,23,24). The Morgan fingerprint density at radius 2 is 2.04 bits per heavy atom. The molecule has 2 N–H and O–H groups in total. The van der Waals surface area contributed by atoms with Crippen LogP contribution in [0.5, 0.6) is 0 Å². The molecule has 9 heteroatoms. The average molecular weight is 358 g/mol. The zero-order chi connectivity index (χ0) is 18.6. The SMILES string of the molecule is O=C(O)CCNC(=O)C1CC(=O)N(Cc2cccc(C(F)(F)F)c2)C1. The van der Waals surface area contributed by atoms with Crippen LogP contribution in [0.1, 0.15) is 24.0 Å². The van der Waals surface area contributed by atoms with Gasteiger partial charge >= 0.3 is 12.1 Å². The van der Waals surface area contributed by atoms with E-state index in [1.165, 1.54) is 17.0 Å². The van der Waals surface area contributed by atoms with Crippen LogP contribution in [-0.2, 0) is 27.1 Å². The van der Waals surface area contributed by atoms with Crippen LogP contribution in [-0.4, -0.2) is 40.9 Å². The number of carboxylic acids is 1. The molecule has 2 amide bonds. The van der Waals surface area contributed by atoms with Crippen molar-refractivity contribution in [3.05, 3.63) is 35.4 Å². The van der Waals surface area contributed by atoms with Gasteiger partial charge in [0.2, 0.25) is 11.8 Å². The van der Waals surface area contributed by atoms with E-state index in [1.54, 1.807) is 0 Å². The molecule has 1 saturated heterocycles. The maximum absolute atomic E-state index is 12.7. The van der Waals surface area contributed by atoms with Gasteiger partial charge in [0.25, 0.3) is 0 Å². The van der Waals surface area contributed by atoms with Crippen molar-refractivity contribution in [3.63, 3.8) is 0 Å². The molecule has 1 aromatic carbocycles. The number of hydrogen-bond donors (Lipinski definition) is 2. The topological polar surface area (TPSA) is 86.7 Å². The van der Waals surface area contributed by atoms with E-state index in [1.807, 2.05) is 0 Å². The number of carbonyl (C=O) groups is 3. The summed E-state index contributed by atoms with van der Waals surface area (Å²) in [5, 5.41) is 11.0. The van der Waals surface area contributed by atoms with Gasteiger partial charge < -0.3 is 15.3 Å². The van der Waals surface area contributed by atoms with Gasteiger partial charge in [-0.15, -0.1) is 0 Å². The van der Waals surface area contributed by atoms with Gasteiger partial charge in [-0.3, -0.25) is 14.4 Å². The molecule has 1 aliphatic heterocycles. The highest BCUT2D eigenvalue weighted by Crippen LogP contribution is 2.30. The zero-order valence-corrected chi connectivity index (χ0v) is 13.2. The second-order valence-electron chi connectivity index (χ2n) is 5.81. The Morgan fingerprint density at radius 1 is 1.32 bits per heavy atom. The van der Waals surface area contributed by atoms with Crippen molar-refractivity contribution in [3.8, 4) is 0 Å². The van der Waals surface area contributed by atoms with Crippen molar-refractivity contribution in [1.29, 1.82) is 0 Å². The Kier molecular flexibility index (Phi) is 5.66. The lowest BCUT2D eigenvalue weighted by atomic mass is 10.1.